The van der Waals surface area contributed by atoms with Crippen LogP contribution in [0.5, 0.6) is 0 Å². The number of aromatic nitrogens is 1. The van der Waals surface area contributed by atoms with E-state index >= 15 is 0 Å². The summed E-state index contributed by atoms with van der Waals surface area (Å²) in [5.74, 6) is -0.0182. The number of hydrogen-bond donors (Lipinski definition) is 1. The molecular weight excluding hydrogens is 597 g/mol. The third kappa shape index (κ3) is 5.93. The molecule has 6 nitrogen and oxygen atoms in total. The lowest BCUT2D eigenvalue weighted by atomic mass is 9.94. The Balaban J connectivity index is 1.26. The van der Waals surface area contributed by atoms with Gasteiger partial charge < -0.3 is 9.88 Å². The SMILES string of the molecule is Cc1cc(/C=C2\SC(=Nc3ccccc3)N(C3CCCCC3)C2=O)c(C)n1-c1sc2c(c1C(=O)Nc1ccccc1)CCCC2. The summed E-state index contributed by atoms with van der Waals surface area (Å²) in [5.41, 5.74) is 6.69. The number of nitrogens with zero attached hydrogens (tertiary/aromatic N) is 3. The molecule has 2 fully saturated rings. The molecule has 3 aliphatic rings. The summed E-state index contributed by atoms with van der Waals surface area (Å²) < 4.78 is 2.22. The molecule has 0 spiro atoms. The number of amidine groups is 1. The first-order valence-corrected chi connectivity index (χ1v) is 17.7. The Kier molecular flexibility index (Phi) is 8.51. The van der Waals surface area contributed by atoms with Gasteiger partial charge in [-0.1, -0.05) is 55.7 Å². The molecule has 2 aliphatic carbocycles. The van der Waals surface area contributed by atoms with Gasteiger partial charge in [0.05, 0.1) is 16.2 Å². The number of carbonyl (C=O) groups excluding carboxylic acids is 2. The van der Waals surface area contributed by atoms with Gasteiger partial charge in [-0.05, 0) is 112 Å². The van der Waals surface area contributed by atoms with Crippen molar-refractivity contribution in [3.05, 3.63) is 105 Å². The summed E-state index contributed by atoms with van der Waals surface area (Å²) in [6.07, 6.45) is 11.7. The van der Waals surface area contributed by atoms with Crippen molar-refractivity contribution in [2.75, 3.05) is 5.32 Å². The molecule has 7 rings (SSSR count). The van der Waals surface area contributed by atoms with Gasteiger partial charge in [0, 0.05) is 28.0 Å². The quantitative estimate of drug-likeness (QED) is 0.215. The van der Waals surface area contributed by atoms with Gasteiger partial charge in [0.15, 0.2) is 5.17 Å². The fourth-order valence-corrected chi connectivity index (χ4v) is 9.43. The van der Waals surface area contributed by atoms with Crippen LogP contribution in [-0.4, -0.2) is 32.5 Å². The van der Waals surface area contributed by atoms with E-state index in [4.69, 9.17) is 4.99 Å². The molecule has 1 N–H and O–H groups in total. The van der Waals surface area contributed by atoms with Crippen molar-refractivity contribution >= 4 is 57.5 Å². The number of hydrogen-bond acceptors (Lipinski definition) is 5. The molecule has 0 radical (unpaired) electrons. The third-order valence-electron chi connectivity index (χ3n) is 9.13. The second-order valence-electron chi connectivity index (χ2n) is 12.2. The number of anilines is 1. The standard InChI is InChI=1S/C37H38N4O2S2/c1-24-22-26(23-32-35(43)41(29-18-10-5-11-19-29)37(45-32)39-28-16-8-4-9-17-28)25(2)40(24)36-33(30-20-12-13-21-31(30)44-36)34(42)38-27-14-6-3-7-15-27/h3-4,6-9,14-17,22-23,29H,5,10-13,18-21H2,1-2H3,(H,38,42)/b32-23-,39-37?. The molecule has 0 unspecified atom stereocenters. The highest BCUT2D eigenvalue weighted by Crippen LogP contribution is 2.42. The summed E-state index contributed by atoms with van der Waals surface area (Å²) >= 11 is 3.22. The van der Waals surface area contributed by atoms with Crippen LogP contribution in [0.15, 0.2) is 76.6 Å². The highest BCUT2D eigenvalue weighted by molar-refractivity contribution is 8.18. The average Bonchev–Trinajstić information content (AvgIpc) is 3.68. The number of rotatable bonds is 6. The fraction of sp³-hybridized carbons (Fsp3) is 0.324. The number of aryl methyl sites for hydroxylation is 2. The largest absolute Gasteiger partial charge is 0.322 e. The number of carbonyl (C=O) groups is 2. The molecular formula is C37H38N4O2S2. The van der Waals surface area contributed by atoms with Gasteiger partial charge in [-0.2, -0.15) is 0 Å². The van der Waals surface area contributed by atoms with Crippen molar-refractivity contribution in [1.29, 1.82) is 0 Å². The van der Waals surface area contributed by atoms with E-state index < -0.39 is 0 Å². The molecule has 8 heteroatoms. The molecule has 2 amide bonds. The number of para-hydroxylation sites is 2. The number of thiophene rings is 1. The van der Waals surface area contributed by atoms with Crippen molar-refractivity contribution in [3.63, 3.8) is 0 Å². The van der Waals surface area contributed by atoms with Crippen molar-refractivity contribution in [2.45, 2.75) is 77.7 Å². The van der Waals surface area contributed by atoms with Crippen LogP contribution in [0.25, 0.3) is 11.1 Å². The lowest BCUT2D eigenvalue weighted by Gasteiger charge is -2.30. The molecule has 1 saturated carbocycles. The summed E-state index contributed by atoms with van der Waals surface area (Å²) in [6, 6.07) is 21.9. The molecule has 1 saturated heterocycles. The zero-order valence-corrected chi connectivity index (χ0v) is 27.5. The minimum Gasteiger partial charge on any atom is -0.322 e. The van der Waals surface area contributed by atoms with E-state index in [1.807, 2.05) is 71.6 Å². The highest BCUT2D eigenvalue weighted by Gasteiger charge is 2.39. The lowest BCUT2D eigenvalue weighted by molar-refractivity contribution is -0.124. The molecule has 0 atom stereocenters. The Morgan fingerprint density at radius 2 is 1.64 bits per heavy atom. The van der Waals surface area contributed by atoms with Crippen LogP contribution >= 0.6 is 23.1 Å². The minimum atomic E-state index is -0.0607. The smallest absolute Gasteiger partial charge is 0.267 e. The number of aliphatic imine (C=N–C) groups is 1. The summed E-state index contributed by atoms with van der Waals surface area (Å²) in [7, 11) is 0. The van der Waals surface area contributed by atoms with E-state index in [1.165, 1.54) is 28.6 Å². The van der Waals surface area contributed by atoms with Gasteiger partial charge in [0.25, 0.3) is 11.8 Å². The summed E-state index contributed by atoms with van der Waals surface area (Å²) in [6.45, 7) is 4.19. The topological polar surface area (TPSA) is 66.7 Å². The predicted molar refractivity (Wildman–Crippen MR) is 187 cm³/mol. The van der Waals surface area contributed by atoms with Gasteiger partial charge >= 0.3 is 0 Å². The number of fused-ring (bicyclic) bond motifs is 1. The average molecular weight is 635 g/mol. The lowest BCUT2D eigenvalue weighted by Crippen LogP contribution is -2.40. The van der Waals surface area contributed by atoms with Crippen LogP contribution in [0.3, 0.4) is 0 Å². The van der Waals surface area contributed by atoms with E-state index in [0.717, 1.165) is 95.4 Å². The number of amides is 2. The van der Waals surface area contributed by atoms with Crippen LogP contribution in [0.1, 0.15) is 82.7 Å². The molecule has 0 bridgehead atoms. The monoisotopic (exact) mass is 634 g/mol. The Hall–Kier alpha value is -3.88. The van der Waals surface area contributed by atoms with Gasteiger partial charge in [-0.15, -0.1) is 11.3 Å². The van der Waals surface area contributed by atoms with E-state index in [-0.39, 0.29) is 17.9 Å². The maximum Gasteiger partial charge on any atom is 0.267 e. The normalized spacial score (nSPS) is 19.0. The summed E-state index contributed by atoms with van der Waals surface area (Å²) in [4.78, 5) is 36.8. The van der Waals surface area contributed by atoms with Crippen LogP contribution in [0.4, 0.5) is 11.4 Å². The first-order valence-electron chi connectivity index (χ1n) is 16.0. The fourth-order valence-electron chi connectivity index (χ4n) is 6.88. The van der Waals surface area contributed by atoms with Gasteiger partial charge in [-0.25, -0.2) is 4.99 Å². The van der Waals surface area contributed by atoms with E-state index in [9.17, 15) is 9.59 Å². The van der Waals surface area contributed by atoms with Crippen LogP contribution in [-0.2, 0) is 17.6 Å². The highest BCUT2D eigenvalue weighted by atomic mass is 32.2. The molecule has 2 aromatic carbocycles. The van der Waals surface area contributed by atoms with Crippen molar-refractivity contribution in [2.24, 2.45) is 4.99 Å². The molecule has 45 heavy (non-hydrogen) atoms. The first-order chi connectivity index (χ1) is 22.0. The Bertz CT molecular complexity index is 1800. The zero-order valence-electron chi connectivity index (χ0n) is 25.8. The van der Waals surface area contributed by atoms with E-state index in [2.05, 4.69) is 29.8 Å². The minimum absolute atomic E-state index is 0.0425. The molecule has 1 aliphatic heterocycles. The van der Waals surface area contributed by atoms with E-state index in [0.29, 0.717) is 4.91 Å². The number of nitrogens with one attached hydrogen (secondary N) is 1. The Morgan fingerprint density at radius 3 is 2.40 bits per heavy atom. The van der Waals surface area contributed by atoms with Crippen molar-refractivity contribution in [3.8, 4) is 5.00 Å². The summed E-state index contributed by atoms with van der Waals surface area (Å²) in [5, 5.41) is 4.89. The second kappa shape index (κ2) is 12.9. The molecule has 3 heterocycles. The first kappa shape index (κ1) is 29.8. The second-order valence-corrected chi connectivity index (χ2v) is 14.3. The maximum absolute atomic E-state index is 14.0. The van der Waals surface area contributed by atoms with Crippen molar-refractivity contribution in [1.82, 2.24) is 9.47 Å². The van der Waals surface area contributed by atoms with Gasteiger partial charge in [0.1, 0.15) is 5.00 Å². The zero-order chi connectivity index (χ0) is 30.9. The maximum atomic E-state index is 14.0. The Morgan fingerprint density at radius 1 is 0.933 bits per heavy atom. The van der Waals surface area contributed by atoms with Crippen molar-refractivity contribution < 1.29 is 9.59 Å². The van der Waals surface area contributed by atoms with Gasteiger partial charge in [-0.3, -0.25) is 14.5 Å². The Labute approximate surface area is 273 Å². The molecule has 2 aromatic heterocycles. The predicted octanol–water partition coefficient (Wildman–Crippen LogP) is 9.22. The van der Waals surface area contributed by atoms with Crippen LogP contribution < -0.4 is 5.32 Å². The number of thioether (sulfide) groups is 1. The molecule has 230 valence electrons. The molecule has 4 aromatic rings. The third-order valence-corrected chi connectivity index (χ3v) is 11.4. The number of benzene rings is 2. The van der Waals surface area contributed by atoms with Crippen LogP contribution in [0.2, 0.25) is 0 Å². The van der Waals surface area contributed by atoms with E-state index in [1.54, 1.807) is 11.3 Å². The van der Waals surface area contributed by atoms with Gasteiger partial charge in [0.2, 0.25) is 0 Å². The van der Waals surface area contributed by atoms with Crippen LogP contribution in [0, 0.1) is 13.8 Å².